The first-order chi connectivity index (χ1) is 13.2. The minimum atomic E-state index is -0.767. The average Bonchev–Trinajstić information content (AvgIpc) is 3.06. The number of rotatable bonds is 5. The number of aromatic nitrogens is 4. The molecule has 1 atom stereocenters. The SMILES string of the molecule is Cc1cc(C)n2nc(C(=O)OCC(=O)N[C@H](C)c3ccc(C)c(C)c3)nc2n1. The van der Waals surface area contributed by atoms with Gasteiger partial charge in [-0.2, -0.15) is 4.98 Å². The van der Waals surface area contributed by atoms with Crippen LogP contribution in [0.4, 0.5) is 0 Å². The molecule has 0 aliphatic rings. The summed E-state index contributed by atoms with van der Waals surface area (Å²) in [6.45, 7) is 9.20. The monoisotopic (exact) mass is 381 g/mol. The summed E-state index contributed by atoms with van der Waals surface area (Å²) in [5.74, 6) is -0.974. The van der Waals surface area contributed by atoms with Crippen LogP contribution >= 0.6 is 0 Å². The van der Waals surface area contributed by atoms with Crippen molar-refractivity contribution in [1.82, 2.24) is 24.9 Å². The molecule has 0 radical (unpaired) electrons. The molecule has 146 valence electrons. The van der Waals surface area contributed by atoms with Crippen molar-refractivity contribution in [3.05, 3.63) is 58.2 Å². The van der Waals surface area contributed by atoms with E-state index in [1.54, 1.807) is 0 Å². The molecule has 28 heavy (non-hydrogen) atoms. The summed E-state index contributed by atoms with van der Waals surface area (Å²) in [7, 11) is 0. The summed E-state index contributed by atoms with van der Waals surface area (Å²) in [6, 6.07) is 7.65. The van der Waals surface area contributed by atoms with Crippen LogP contribution in [0.25, 0.3) is 5.78 Å². The molecule has 1 aromatic carbocycles. The summed E-state index contributed by atoms with van der Waals surface area (Å²) < 4.78 is 6.52. The third-order valence-corrected chi connectivity index (χ3v) is 4.54. The lowest BCUT2D eigenvalue weighted by Gasteiger charge is -2.15. The molecule has 0 saturated carbocycles. The van der Waals surface area contributed by atoms with Crippen molar-refractivity contribution in [2.45, 2.75) is 40.7 Å². The Morgan fingerprint density at radius 2 is 1.86 bits per heavy atom. The lowest BCUT2D eigenvalue weighted by Crippen LogP contribution is -2.31. The van der Waals surface area contributed by atoms with Gasteiger partial charge in [0.1, 0.15) is 0 Å². The summed E-state index contributed by atoms with van der Waals surface area (Å²) in [5.41, 5.74) is 4.91. The lowest BCUT2D eigenvalue weighted by molar-refractivity contribution is -0.124. The van der Waals surface area contributed by atoms with Gasteiger partial charge in [-0.25, -0.2) is 14.3 Å². The van der Waals surface area contributed by atoms with Gasteiger partial charge in [-0.1, -0.05) is 18.2 Å². The molecule has 0 bridgehead atoms. The van der Waals surface area contributed by atoms with Gasteiger partial charge in [0.05, 0.1) is 6.04 Å². The second-order valence-corrected chi connectivity index (χ2v) is 6.90. The molecule has 2 heterocycles. The largest absolute Gasteiger partial charge is 0.450 e. The van der Waals surface area contributed by atoms with E-state index >= 15 is 0 Å². The van der Waals surface area contributed by atoms with Crippen LogP contribution in [0.3, 0.4) is 0 Å². The van der Waals surface area contributed by atoms with E-state index in [1.807, 2.05) is 58.9 Å². The number of hydrogen-bond acceptors (Lipinski definition) is 6. The highest BCUT2D eigenvalue weighted by Gasteiger charge is 2.18. The molecular weight excluding hydrogens is 358 g/mol. The fourth-order valence-electron chi connectivity index (χ4n) is 2.85. The van der Waals surface area contributed by atoms with E-state index in [4.69, 9.17) is 4.74 Å². The second kappa shape index (κ2) is 7.75. The maximum atomic E-state index is 12.2. The Kier molecular flexibility index (Phi) is 5.39. The minimum absolute atomic E-state index is 0.129. The Bertz CT molecular complexity index is 1060. The third kappa shape index (κ3) is 4.16. The Labute approximate surface area is 163 Å². The number of carbonyl (C=O) groups excluding carboxylic acids is 2. The molecule has 3 aromatic rings. The number of amides is 1. The van der Waals surface area contributed by atoms with Gasteiger partial charge in [-0.3, -0.25) is 4.79 Å². The number of fused-ring (bicyclic) bond motifs is 1. The van der Waals surface area contributed by atoms with E-state index in [9.17, 15) is 9.59 Å². The van der Waals surface area contributed by atoms with Crippen LogP contribution < -0.4 is 5.32 Å². The van der Waals surface area contributed by atoms with Crippen LogP contribution in [0, 0.1) is 27.7 Å². The number of ether oxygens (including phenoxy) is 1. The minimum Gasteiger partial charge on any atom is -0.450 e. The van der Waals surface area contributed by atoms with Crippen LogP contribution in [0.2, 0.25) is 0 Å². The molecule has 0 aliphatic carbocycles. The van der Waals surface area contributed by atoms with E-state index in [0.717, 1.165) is 22.5 Å². The molecular formula is C20H23N5O3. The highest BCUT2D eigenvalue weighted by atomic mass is 16.5. The van der Waals surface area contributed by atoms with Gasteiger partial charge in [-0.15, -0.1) is 5.10 Å². The maximum absolute atomic E-state index is 12.2. The Hall–Kier alpha value is -3.29. The van der Waals surface area contributed by atoms with Gasteiger partial charge in [0.15, 0.2) is 6.61 Å². The van der Waals surface area contributed by atoms with E-state index in [0.29, 0.717) is 5.78 Å². The molecule has 1 N–H and O–H groups in total. The summed E-state index contributed by atoms with van der Waals surface area (Å²) in [4.78, 5) is 32.6. The quantitative estimate of drug-likeness (QED) is 0.682. The molecule has 0 fully saturated rings. The zero-order chi connectivity index (χ0) is 20.4. The fourth-order valence-corrected chi connectivity index (χ4v) is 2.85. The normalized spacial score (nSPS) is 12.0. The molecule has 0 unspecified atom stereocenters. The molecule has 2 aromatic heterocycles. The lowest BCUT2D eigenvalue weighted by atomic mass is 10.0. The zero-order valence-corrected chi connectivity index (χ0v) is 16.6. The van der Waals surface area contributed by atoms with Crippen molar-refractivity contribution in [2.75, 3.05) is 6.61 Å². The van der Waals surface area contributed by atoms with E-state index in [-0.39, 0.29) is 11.9 Å². The molecule has 8 heteroatoms. The van der Waals surface area contributed by atoms with Gasteiger partial charge >= 0.3 is 5.97 Å². The topological polar surface area (TPSA) is 98.5 Å². The van der Waals surface area contributed by atoms with E-state index in [1.165, 1.54) is 10.1 Å². The molecule has 8 nitrogen and oxygen atoms in total. The number of aryl methyl sites for hydroxylation is 4. The van der Waals surface area contributed by atoms with Crippen molar-refractivity contribution in [2.24, 2.45) is 0 Å². The van der Waals surface area contributed by atoms with Gasteiger partial charge in [0.25, 0.3) is 17.5 Å². The van der Waals surface area contributed by atoms with Crippen molar-refractivity contribution >= 4 is 17.7 Å². The molecule has 3 rings (SSSR count). The van der Waals surface area contributed by atoms with Crippen LogP contribution in [0.5, 0.6) is 0 Å². The van der Waals surface area contributed by atoms with Crippen molar-refractivity contribution in [1.29, 1.82) is 0 Å². The van der Waals surface area contributed by atoms with E-state index in [2.05, 4.69) is 20.4 Å². The van der Waals surface area contributed by atoms with Gasteiger partial charge in [0, 0.05) is 11.4 Å². The summed E-state index contributed by atoms with van der Waals surface area (Å²) in [5, 5.41) is 6.91. The zero-order valence-electron chi connectivity index (χ0n) is 16.6. The number of benzene rings is 1. The molecule has 0 spiro atoms. The van der Waals surface area contributed by atoms with Gasteiger partial charge in [-0.05, 0) is 57.4 Å². The second-order valence-electron chi connectivity index (χ2n) is 6.90. The first-order valence-corrected chi connectivity index (χ1v) is 8.99. The molecule has 0 saturated heterocycles. The Morgan fingerprint density at radius 3 is 2.57 bits per heavy atom. The van der Waals surface area contributed by atoms with Gasteiger partial charge < -0.3 is 10.1 Å². The average molecular weight is 381 g/mol. The molecule has 1 amide bonds. The van der Waals surface area contributed by atoms with Crippen molar-refractivity contribution < 1.29 is 14.3 Å². The number of esters is 1. The van der Waals surface area contributed by atoms with E-state index < -0.39 is 18.5 Å². The number of nitrogens with one attached hydrogen (secondary N) is 1. The maximum Gasteiger partial charge on any atom is 0.378 e. The first-order valence-electron chi connectivity index (χ1n) is 8.99. The van der Waals surface area contributed by atoms with Crippen molar-refractivity contribution in [3.8, 4) is 0 Å². The molecule has 0 aliphatic heterocycles. The predicted molar refractivity (Wildman–Crippen MR) is 103 cm³/mol. The van der Waals surface area contributed by atoms with Crippen LogP contribution in [0.15, 0.2) is 24.3 Å². The summed E-state index contributed by atoms with van der Waals surface area (Å²) in [6.07, 6.45) is 0. The highest BCUT2D eigenvalue weighted by Crippen LogP contribution is 2.16. The Morgan fingerprint density at radius 1 is 1.11 bits per heavy atom. The third-order valence-electron chi connectivity index (χ3n) is 4.54. The smallest absolute Gasteiger partial charge is 0.378 e. The van der Waals surface area contributed by atoms with Gasteiger partial charge in [0.2, 0.25) is 0 Å². The highest BCUT2D eigenvalue weighted by molar-refractivity contribution is 5.88. The predicted octanol–water partition coefficient (Wildman–Crippen LogP) is 2.39. The van der Waals surface area contributed by atoms with Crippen molar-refractivity contribution in [3.63, 3.8) is 0 Å². The first kappa shape index (κ1) is 19.5. The Balaban J connectivity index is 1.60. The fraction of sp³-hybridized carbons (Fsp3) is 0.350. The number of hydrogen-bond donors (Lipinski definition) is 1. The van der Waals surface area contributed by atoms with Crippen LogP contribution in [-0.4, -0.2) is 38.1 Å². The van der Waals surface area contributed by atoms with Crippen LogP contribution in [0.1, 0.15) is 51.7 Å². The number of carbonyl (C=O) groups is 2. The summed E-state index contributed by atoms with van der Waals surface area (Å²) >= 11 is 0. The standard InChI is InChI=1S/C20H23N5O3/c1-11-6-7-16(8-12(11)2)15(5)22-17(26)10-28-19(27)18-23-20-21-13(3)9-14(4)25(20)24-18/h6-9,15H,10H2,1-5H3,(H,22,26)/t15-/m1/s1. The number of nitrogens with zero attached hydrogens (tertiary/aromatic N) is 4. The van der Waals surface area contributed by atoms with Crippen LogP contribution in [-0.2, 0) is 9.53 Å².